The molecule has 0 fully saturated rings. The Morgan fingerprint density at radius 1 is 1.14 bits per heavy atom. The summed E-state index contributed by atoms with van der Waals surface area (Å²) in [4.78, 5) is 31.8. The average molecular weight is 589 g/mol. The van der Waals surface area contributed by atoms with Crippen LogP contribution < -0.4 is 29.1 Å². The smallest absolute Gasteiger partial charge is 0.338 e. The lowest BCUT2D eigenvalue weighted by molar-refractivity contribution is -0.139. The molecule has 2 heterocycles. The Labute approximate surface area is 225 Å². The third kappa shape index (κ3) is 4.88. The molecule has 0 spiro atoms. The standard InChI is InChI=1S/C26H25BrN2O7S/c1-6-36-25(32)21-13(2)28-26-29(22(21)15-7-8-17(33-3)16(27)12-15)24(31)20(37-26)11-14-9-18(34-4)23(30)19(10-14)35-5/h7-12,22,30H,6H2,1-5H3/b20-11+/t22-/m1/s1. The first kappa shape index (κ1) is 26.5. The van der Waals surface area contributed by atoms with E-state index in [-0.39, 0.29) is 35.0 Å². The molecule has 2 aromatic carbocycles. The van der Waals surface area contributed by atoms with Crippen LogP contribution in [-0.2, 0) is 9.53 Å². The Balaban J connectivity index is 1.96. The minimum atomic E-state index is -0.761. The molecule has 194 valence electrons. The number of thiazole rings is 1. The zero-order valence-electron chi connectivity index (χ0n) is 20.8. The van der Waals surface area contributed by atoms with Gasteiger partial charge >= 0.3 is 5.97 Å². The minimum Gasteiger partial charge on any atom is -0.502 e. The van der Waals surface area contributed by atoms with E-state index in [1.54, 1.807) is 51.3 Å². The second-order valence-electron chi connectivity index (χ2n) is 7.97. The van der Waals surface area contributed by atoms with Crippen molar-refractivity contribution in [2.24, 2.45) is 4.99 Å². The zero-order chi connectivity index (χ0) is 26.9. The number of phenolic OH excluding ortho intramolecular Hbond substituents is 1. The van der Waals surface area contributed by atoms with Crippen LogP contribution in [0.4, 0.5) is 0 Å². The van der Waals surface area contributed by atoms with Crippen molar-refractivity contribution < 1.29 is 28.8 Å². The predicted octanol–water partition coefficient (Wildman–Crippen LogP) is 3.29. The zero-order valence-corrected chi connectivity index (χ0v) is 23.2. The normalized spacial score (nSPS) is 15.2. The number of halogens is 1. The van der Waals surface area contributed by atoms with E-state index in [0.717, 1.165) is 0 Å². The van der Waals surface area contributed by atoms with Gasteiger partial charge in [-0.2, -0.15) is 0 Å². The Kier molecular flexibility index (Phi) is 7.74. The summed E-state index contributed by atoms with van der Waals surface area (Å²) < 4.78 is 23.7. The quantitative estimate of drug-likeness (QED) is 0.422. The third-order valence-corrected chi connectivity index (χ3v) is 7.41. The number of allylic oxidation sites excluding steroid dienone is 1. The summed E-state index contributed by atoms with van der Waals surface area (Å²) in [6.07, 6.45) is 1.67. The maximum atomic E-state index is 13.8. The molecule has 9 nitrogen and oxygen atoms in total. The molecular weight excluding hydrogens is 564 g/mol. The van der Waals surface area contributed by atoms with E-state index >= 15 is 0 Å². The van der Waals surface area contributed by atoms with Gasteiger partial charge in [0.1, 0.15) is 5.75 Å². The second-order valence-corrected chi connectivity index (χ2v) is 9.83. The Bertz CT molecular complexity index is 1560. The number of hydrogen-bond donors (Lipinski definition) is 1. The monoisotopic (exact) mass is 588 g/mol. The largest absolute Gasteiger partial charge is 0.502 e. The van der Waals surface area contributed by atoms with Crippen LogP contribution in [0.5, 0.6) is 23.0 Å². The van der Waals surface area contributed by atoms with E-state index in [0.29, 0.717) is 36.4 Å². The van der Waals surface area contributed by atoms with Crippen LogP contribution >= 0.6 is 27.3 Å². The molecule has 1 aromatic heterocycles. The van der Waals surface area contributed by atoms with E-state index in [1.165, 1.54) is 30.1 Å². The molecule has 0 aliphatic carbocycles. The number of fused-ring (bicyclic) bond motifs is 1. The van der Waals surface area contributed by atoms with Gasteiger partial charge in [0.05, 0.1) is 54.3 Å². The molecule has 0 amide bonds. The number of phenols is 1. The van der Waals surface area contributed by atoms with Gasteiger partial charge in [-0.05, 0) is 71.2 Å². The highest BCUT2D eigenvalue weighted by atomic mass is 79.9. The number of aromatic hydroxyl groups is 1. The number of aromatic nitrogens is 1. The first-order valence-electron chi connectivity index (χ1n) is 11.2. The van der Waals surface area contributed by atoms with Crippen molar-refractivity contribution in [3.8, 4) is 23.0 Å². The van der Waals surface area contributed by atoms with Gasteiger partial charge in [0.15, 0.2) is 16.3 Å². The number of ether oxygens (including phenoxy) is 4. The summed E-state index contributed by atoms with van der Waals surface area (Å²) in [7, 11) is 4.42. The Morgan fingerprint density at radius 3 is 2.35 bits per heavy atom. The molecular formula is C26H25BrN2O7S. The van der Waals surface area contributed by atoms with E-state index in [4.69, 9.17) is 18.9 Å². The fourth-order valence-electron chi connectivity index (χ4n) is 4.11. The van der Waals surface area contributed by atoms with Crippen LogP contribution in [0.2, 0.25) is 0 Å². The van der Waals surface area contributed by atoms with Crippen LogP contribution in [0.25, 0.3) is 6.08 Å². The highest BCUT2D eigenvalue weighted by molar-refractivity contribution is 9.10. The van der Waals surface area contributed by atoms with Crippen molar-refractivity contribution >= 4 is 39.3 Å². The highest BCUT2D eigenvalue weighted by Gasteiger charge is 2.33. The van der Waals surface area contributed by atoms with Gasteiger partial charge in [-0.3, -0.25) is 9.36 Å². The number of carbonyl (C=O) groups is 1. The number of methoxy groups -OCH3 is 3. The molecule has 1 N–H and O–H groups in total. The minimum absolute atomic E-state index is 0.136. The number of nitrogens with zero attached hydrogens (tertiary/aromatic N) is 2. The number of carbonyl (C=O) groups excluding carboxylic acids is 1. The van der Waals surface area contributed by atoms with Crippen molar-refractivity contribution in [3.63, 3.8) is 0 Å². The summed E-state index contributed by atoms with van der Waals surface area (Å²) in [6.45, 7) is 3.64. The van der Waals surface area contributed by atoms with Crippen molar-refractivity contribution in [2.75, 3.05) is 27.9 Å². The first-order chi connectivity index (χ1) is 17.7. The third-order valence-electron chi connectivity index (χ3n) is 5.81. The molecule has 1 aliphatic heterocycles. The summed E-state index contributed by atoms with van der Waals surface area (Å²) >= 11 is 4.69. The lowest BCUT2D eigenvalue weighted by atomic mass is 9.96. The van der Waals surface area contributed by atoms with Gasteiger partial charge in [-0.1, -0.05) is 17.4 Å². The molecule has 37 heavy (non-hydrogen) atoms. The second kappa shape index (κ2) is 10.8. The fraction of sp³-hybridized carbons (Fsp3) is 0.269. The molecule has 0 saturated carbocycles. The first-order valence-corrected chi connectivity index (χ1v) is 12.8. The molecule has 3 aromatic rings. The number of hydrogen-bond acceptors (Lipinski definition) is 9. The highest BCUT2D eigenvalue weighted by Crippen LogP contribution is 2.37. The van der Waals surface area contributed by atoms with E-state index < -0.39 is 12.0 Å². The maximum Gasteiger partial charge on any atom is 0.338 e. The van der Waals surface area contributed by atoms with E-state index in [1.807, 2.05) is 6.07 Å². The van der Waals surface area contributed by atoms with Gasteiger partial charge in [0.2, 0.25) is 5.75 Å². The van der Waals surface area contributed by atoms with Crippen LogP contribution in [0.15, 0.2) is 55.9 Å². The summed E-state index contributed by atoms with van der Waals surface area (Å²) in [6, 6.07) is 7.83. The molecule has 0 saturated heterocycles. The number of rotatable bonds is 7. The van der Waals surface area contributed by atoms with Gasteiger partial charge in [0, 0.05) is 0 Å². The molecule has 0 bridgehead atoms. The molecule has 1 aliphatic rings. The topological polar surface area (TPSA) is 109 Å². The molecule has 0 unspecified atom stereocenters. The van der Waals surface area contributed by atoms with E-state index in [9.17, 15) is 14.7 Å². The molecule has 11 heteroatoms. The summed E-state index contributed by atoms with van der Waals surface area (Å²) in [5.41, 5.74) is 1.69. The average Bonchev–Trinajstić information content (AvgIpc) is 3.18. The molecule has 1 atom stereocenters. The number of benzene rings is 2. The van der Waals surface area contributed by atoms with E-state index in [2.05, 4.69) is 20.9 Å². The van der Waals surface area contributed by atoms with Crippen LogP contribution in [0.1, 0.15) is 31.0 Å². The lowest BCUT2D eigenvalue weighted by Gasteiger charge is -2.25. The van der Waals surface area contributed by atoms with Crippen molar-refractivity contribution in [2.45, 2.75) is 19.9 Å². The van der Waals surface area contributed by atoms with Gasteiger partial charge in [-0.25, -0.2) is 9.79 Å². The van der Waals surface area contributed by atoms with Gasteiger partial charge in [0.25, 0.3) is 5.56 Å². The molecule has 4 rings (SSSR count). The maximum absolute atomic E-state index is 13.8. The van der Waals surface area contributed by atoms with Crippen LogP contribution in [-0.4, -0.2) is 43.6 Å². The SMILES string of the molecule is CCOC(=O)C1=C(C)N=c2s/c(=C/c3cc(OC)c(O)c(OC)c3)c(=O)n2[C@@H]1c1ccc(OC)c(Br)c1. The molecule has 0 radical (unpaired) electrons. The van der Waals surface area contributed by atoms with Crippen LogP contribution in [0.3, 0.4) is 0 Å². The van der Waals surface area contributed by atoms with Crippen molar-refractivity contribution in [3.05, 3.63) is 76.9 Å². The number of esters is 1. The summed E-state index contributed by atoms with van der Waals surface area (Å²) in [5, 5.41) is 10.2. The van der Waals surface area contributed by atoms with Crippen molar-refractivity contribution in [1.29, 1.82) is 0 Å². The Hall–Kier alpha value is -3.57. The van der Waals surface area contributed by atoms with Gasteiger partial charge in [-0.15, -0.1) is 0 Å². The summed E-state index contributed by atoms with van der Waals surface area (Å²) in [5.74, 6) is 0.357. The fourth-order valence-corrected chi connectivity index (χ4v) is 5.71. The van der Waals surface area contributed by atoms with Crippen molar-refractivity contribution in [1.82, 2.24) is 4.57 Å². The Morgan fingerprint density at radius 2 is 1.78 bits per heavy atom. The van der Waals surface area contributed by atoms with Crippen LogP contribution in [0, 0.1) is 0 Å². The van der Waals surface area contributed by atoms with Gasteiger partial charge < -0.3 is 24.1 Å². The predicted molar refractivity (Wildman–Crippen MR) is 142 cm³/mol. The lowest BCUT2D eigenvalue weighted by Crippen LogP contribution is -2.39.